The Labute approximate surface area is 99.8 Å². The number of carbonyl (C=O) groups is 1. The molecule has 2 heteroatoms. The zero-order valence-corrected chi connectivity index (χ0v) is 11.4. The molecule has 1 fully saturated rings. The van der Waals surface area contributed by atoms with Crippen LogP contribution in [0.25, 0.3) is 0 Å². The minimum Gasteiger partial charge on any atom is -0.465 e. The van der Waals surface area contributed by atoms with Gasteiger partial charge in [-0.2, -0.15) is 0 Å². The molecule has 0 saturated heterocycles. The molecule has 0 unspecified atom stereocenters. The fourth-order valence-corrected chi connectivity index (χ4v) is 2.59. The molecule has 0 aromatic heterocycles. The summed E-state index contributed by atoms with van der Waals surface area (Å²) in [4.78, 5) is 11.4. The third kappa shape index (κ3) is 2.41. The Morgan fingerprint density at radius 3 is 2.44 bits per heavy atom. The lowest BCUT2D eigenvalue weighted by Crippen LogP contribution is -2.37. The second-order valence-corrected chi connectivity index (χ2v) is 6.13. The first-order valence-electron chi connectivity index (χ1n) is 6.49. The van der Waals surface area contributed by atoms with Gasteiger partial charge < -0.3 is 4.74 Å². The lowest BCUT2D eigenvalue weighted by atomic mass is 9.66. The van der Waals surface area contributed by atoms with Gasteiger partial charge in [0.15, 0.2) is 0 Å². The van der Waals surface area contributed by atoms with Crippen LogP contribution in [0.2, 0.25) is 0 Å². The Balaban J connectivity index is 2.56. The summed E-state index contributed by atoms with van der Waals surface area (Å²) in [5.41, 5.74) is 0.412. The van der Waals surface area contributed by atoms with Crippen LogP contribution in [0.4, 0.5) is 0 Å². The lowest BCUT2D eigenvalue weighted by molar-refractivity contribution is -0.149. The van der Waals surface area contributed by atoms with Gasteiger partial charge in [-0.25, -0.2) is 0 Å². The monoisotopic (exact) mass is 226 g/mol. The molecule has 0 aromatic rings. The molecule has 0 aromatic carbocycles. The van der Waals surface area contributed by atoms with Crippen molar-refractivity contribution in [2.24, 2.45) is 16.7 Å². The van der Waals surface area contributed by atoms with Crippen LogP contribution in [-0.2, 0) is 9.53 Å². The van der Waals surface area contributed by atoms with E-state index < -0.39 is 0 Å². The molecule has 0 amide bonds. The smallest absolute Gasteiger partial charge is 0.305 e. The van der Waals surface area contributed by atoms with Crippen molar-refractivity contribution in [1.82, 2.24) is 0 Å². The van der Waals surface area contributed by atoms with Crippen molar-refractivity contribution in [3.8, 4) is 0 Å². The van der Waals surface area contributed by atoms with Gasteiger partial charge in [-0.05, 0) is 30.6 Å². The quantitative estimate of drug-likeness (QED) is 0.682. The van der Waals surface area contributed by atoms with Crippen molar-refractivity contribution in [2.75, 3.05) is 6.61 Å². The summed E-state index contributed by atoms with van der Waals surface area (Å²) < 4.78 is 5.41. The normalized spacial score (nSPS) is 32.7. The predicted molar refractivity (Wildman–Crippen MR) is 66.2 cm³/mol. The fraction of sp³-hybridized carbons (Fsp3) is 0.929. The minimum absolute atomic E-state index is 0.0425. The van der Waals surface area contributed by atoms with Crippen LogP contribution >= 0.6 is 0 Å². The molecule has 94 valence electrons. The van der Waals surface area contributed by atoms with Gasteiger partial charge in [0, 0.05) is 11.8 Å². The van der Waals surface area contributed by atoms with E-state index in [9.17, 15) is 4.79 Å². The summed E-state index contributed by atoms with van der Waals surface area (Å²) in [6, 6.07) is 0. The maximum absolute atomic E-state index is 11.4. The molecule has 0 heterocycles. The molecule has 1 aliphatic rings. The van der Waals surface area contributed by atoms with Gasteiger partial charge in [-0.15, -0.1) is 0 Å². The van der Waals surface area contributed by atoms with E-state index in [2.05, 4.69) is 27.7 Å². The highest BCUT2D eigenvalue weighted by Crippen LogP contribution is 2.55. The average Bonchev–Trinajstić information content (AvgIpc) is 2.41. The summed E-state index contributed by atoms with van der Waals surface area (Å²) in [6.07, 6.45) is 3.83. The standard InChI is InChI=1S/C14H26O2/c1-6-7-12(15)16-10-14(5)9-8-11(2)13(14,3)4/h11H,6-10H2,1-5H3/t11-,14-/m0/s1. The van der Waals surface area contributed by atoms with E-state index in [1.165, 1.54) is 12.8 Å². The topological polar surface area (TPSA) is 26.3 Å². The zero-order chi connectivity index (χ0) is 12.4. The van der Waals surface area contributed by atoms with Crippen molar-refractivity contribution in [3.63, 3.8) is 0 Å². The molecule has 1 saturated carbocycles. The maximum Gasteiger partial charge on any atom is 0.305 e. The molecule has 0 aliphatic heterocycles. The zero-order valence-electron chi connectivity index (χ0n) is 11.4. The molecular weight excluding hydrogens is 200 g/mol. The summed E-state index contributed by atoms with van der Waals surface area (Å²) in [5, 5.41) is 0. The van der Waals surface area contributed by atoms with Gasteiger partial charge >= 0.3 is 5.97 Å². The van der Waals surface area contributed by atoms with E-state index in [1.54, 1.807) is 0 Å². The third-order valence-electron chi connectivity index (χ3n) is 4.92. The molecular formula is C14H26O2. The average molecular weight is 226 g/mol. The van der Waals surface area contributed by atoms with Crippen molar-refractivity contribution in [1.29, 1.82) is 0 Å². The molecule has 1 aliphatic carbocycles. The maximum atomic E-state index is 11.4. The highest BCUT2D eigenvalue weighted by Gasteiger charge is 2.50. The number of hydrogen-bond donors (Lipinski definition) is 0. The highest BCUT2D eigenvalue weighted by atomic mass is 16.5. The first kappa shape index (κ1) is 13.5. The van der Waals surface area contributed by atoms with Crippen molar-refractivity contribution in [2.45, 2.75) is 60.3 Å². The van der Waals surface area contributed by atoms with Crippen LogP contribution in [0.5, 0.6) is 0 Å². The Hall–Kier alpha value is -0.530. The molecule has 1 rings (SSSR count). The molecule has 0 bridgehead atoms. The number of esters is 1. The van der Waals surface area contributed by atoms with E-state index in [1.807, 2.05) is 6.92 Å². The highest BCUT2D eigenvalue weighted by molar-refractivity contribution is 5.69. The van der Waals surface area contributed by atoms with Gasteiger partial charge in [-0.3, -0.25) is 4.79 Å². The summed E-state index contributed by atoms with van der Waals surface area (Å²) in [5.74, 6) is 0.668. The first-order chi connectivity index (χ1) is 7.33. The van der Waals surface area contributed by atoms with Gasteiger partial charge in [0.25, 0.3) is 0 Å². The molecule has 2 nitrogen and oxygen atoms in total. The Kier molecular flexibility index (Phi) is 4.03. The van der Waals surface area contributed by atoms with Crippen LogP contribution in [0, 0.1) is 16.7 Å². The molecule has 0 N–H and O–H groups in total. The van der Waals surface area contributed by atoms with Gasteiger partial charge in [0.2, 0.25) is 0 Å². The van der Waals surface area contributed by atoms with E-state index in [0.717, 1.165) is 6.42 Å². The van der Waals surface area contributed by atoms with Crippen molar-refractivity contribution >= 4 is 5.97 Å². The van der Waals surface area contributed by atoms with Crippen molar-refractivity contribution < 1.29 is 9.53 Å². The SMILES string of the molecule is CCCC(=O)OC[C@]1(C)CC[C@H](C)C1(C)C. The molecule has 0 radical (unpaired) electrons. The second kappa shape index (κ2) is 4.77. The molecule has 2 atom stereocenters. The summed E-state index contributed by atoms with van der Waals surface area (Å²) in [6.45, 7) is 11.8. The minimum atomic E-state index is -0.0425. The van der Waals surface area contributed by atoms with E-state index >= 15 is 0 Å². The summed E-state index contributed by atoms with van der Waals surface area (Å²) in [7, 11) is 0. The van der Waals surface area contributed by atoms with Crippen LogP contribution in [0.1, 0.15) is 60.3 Å². The number of rotatable bonds is 4. The largest absolute Gasteiger partial charge is 0.465 e. The van der Waals surface area contributed by atoms with Gasteiger partial charge in [-0.1, -0.05) is 34.6 Å². The molecule has 16 heavy (non-hydrogen) atoms. The first-order valence-corrected chi connectivity index (χ1v) is 6.49. The Morgan fingerprint density at radius 1 is 1.38 bits per heavy atom. The third-order valence-corrected chi connectivity index (χ3v) is 4.92. The Morgan fingerprint density at radius 2 is 2.00 bits per heavy atom. The number of hydrogen-bond acceptors (Lipinski definition) is 2. The second-order valence-electron chi connectivity index (χ2n) is 6.13. The fourth-order valence-electron chi connectivity index (χ4n) is 2.59. The number of ether oxygens (including phenoxy) is 1. The van der Waals surface area contributed by atoms with E-state index in [4.69, 9.17) is 4.74 Å². The predicted octanol–water partition coefficient (Wildman–Crippen LogP) is 3.79. The van der Waals surface area contributed by atoms with Crippen LogP contribution in [0.3, 0.4) is 0 Å². The van der Waals surface area contributed by atoms with Crippen molar-refractivity contribution in [3.05, 3.63) is 0 Å². The van der Waals surface area contributed by atoms with Gasteiger partial charge in [0.05, 0.1) is 6.61 Å². The van der Waals surface area contributed by atoms with Crippen LogP contribution in [-0.4, -0.2) is 12.6 Å². The van der Waals surface area contributed by atoms with Gasteiger partial charge in [0.1, 0.15) is 0 Å². The Bertz CT molecular complexity index is 257. The number of carbonyl (C=O) groups excluding carboxylic acids is 1. The van der Waals surface area contributed by atoms with Crippen LogP contribution in [0.15, 0.2) is 0 Å². The van der Waals surface area contributed by atoms with Crippen LogP contribution < -0.4 is 0 Å². The summed E-state index contributed by atoms with van der Waals surface area (Å²) >= 11 is 0. The lowest BCUT2D eigenvalue weighted by Gasteiger charge is -2.40. The molecule has 0 spiro atoms. The van der Waals surface area contributed by atoms with E-state index in [0.29, 0.717) is 18.9 Å². The van der Waals surface area contributed by atoms with E-state index in [-0.39, 0.29) is 16.8 Å².